The van der Waals surface area contributed by atoms with E-state index in [0.29, 0.717) is 28.6 Å². The number of benzene rings is 2. The van der Waals surface area contributed by atoms with Gasteiger partial charge < -0.3 is 5.32 Å². The van der Waals surface area contributed by atoms with E-state index in [1.165, 1.54) is 11.0 Å². The number of halogens is 1. The molecule has 0 saturated heterocycles. The van der Waals surface area contributed by atoms with E-state index in [9.17, 15) is 4.79 Å². The standard InChI is InChI=1S/C18H14ClN7O/c19-15-7-3-1-5-13(15)11-25-17(9-10-21-25)22-18(27)14-6-2-4-8-16(14)26-12-20-23-24-26/h1-10,12H,11H2,(H,22,27). The number of anilines is 1. The van der Waals surface area contributed by atoms with Crippen molar-refractivity contribution in [2.75, 3.05) is 5.32 Å². The fraction of sp³-hybridized carbons (Fsp3) is 0.0556. The highest BCUT2D eigenvalue weighted by Gasteiger charge is 2.15. The van der Waals surface area contributed by atoms with Gasteiger partial charge in [0.05, 0.1) is 24.0 Å². The van der Waals surface area contributed by atoms with Crippen molar-refractivity contribution < 1.29 is 4.79 Å². The molecule has 9 heteroatoms. The van der Waals surface area contributed by atoms with Crippen LogP contribution in [0.4, 0.5) is 5.82 Å². The Morgan fingerprint density at radius 3 is 2.70 bits per heavy atom. The van der Waals surface area contributed by atoms with Gasteiger partial charge in [-0.1, -0.05) is 41.9 Å². The van der Waals surface area contributed by atoms with Crippen molar-refractivity contribution in [1.82, 2.24) is 30.0 Å². The number of nitrogens with one attached hydrogen (secondary N) is 1. The first-order chi connectivity index (χ1) is 13.2. The van der Waals surface area contributed by atoms with Crippen LogP contribution in [0, 0.1) is 0 Å². The molecule has 27 heavy (non-hydrogen) atoms. The van der Waals surface area contributed by atoms with Crippen LogP contribution in [0.1, 0.15) is 15.9 Å². The minimum atomic E-state index is -0.290. The Bertz CT molecular complexity index is 1070. The number of tetrazole rings is 1. The van der Waals surface area contributed by atoms with Crippen LogP contribution in [0.2, 0.25) is 5.02 Å². The number of para-hydroxylation sites is 1. The van der Waals surface area contributed by atoms with Crippen LogP contribution in [0.5, 0.6) is 0 Å². The fourth-order valence-corrected chi connectivity index (χ4v) is 2.87. The second-order valence-electron chi connectivity index (χ2n) is 5.69. The number of nitrogens with zero attached hydrogens (tertiary/aromatic N) is 6. The van der Waals surface area contributed by atoms with Crippen LogP contribution < -0.4 is 5.32 Å². The molecule has 2 heterocycles. The normalized spacial score (nSPS) is 10.7. The minimum absolute atomic E-state index is 0.290. The third kappa shape index (κ3) is 3.56. The van der Waals surface area contributed by atoms with Gasteiger partial charge in [0.2, 0.25) is 0 Å². The summed E-state index contributed by atoms with van der Waals surface area (Å²) in [5.74, 6) is 0.272. The predicted molar refractivity (Wildman–Crippen MR) is 99.9 cm³/mol. The molecule has 4 aromatic rings. The zero-order valence-corrected chi connectivity index (χ0v) is 14.8. The molecule has 0 unspecified atom stereocenters. The van der Waals surface area contributed by atoms with Gasteiger partial charge in [0.25, 0.3) is 5.91 Å². The molecule has 0 bridgehead atoms. The van der Waals surface area contributed by atoms with Crippen LogP contribution in [0.25, 0.3) is 5.69 Å². The third-order valence-corrected chi connectivity index (χ3v) is 4.35. The first kappa shape index (κ1) is 16.9. The van der Waals surface area contributed by atoms with Crippen molar-refractivity contribution >= 4 is 23.3 Å². The van der Waals surface area contributed by atoms with Gasteiger partial charge in [0, 0.05) is 11.1 Å². The molecule has 0 saturated carbocycles. The summed E-state index contributed by atoms with van der Waals surface area (Å²) >= 11 is 6.22. The van der Waals surface area contributed by atoms with E-state index < -0.39 is 0 Å². The van der Waals surface area contributed by atoms with Gasteiger partial charge in [-0.15, -0.1) is 5.10 Å². The first-order valence-electron chi connectivity index (χ1n) is 8.11. The maximum Gasteiger partial charge on any atom is 0.259 e. The smallest absolute Gasteiger partial charge is 0.259 e. The molecule has 134 valence electrons. The number of amides is 1. The zero-order chi connectivity index (χ0) is 18.6. The molecule has 0 radical (unpaired) electrons. The van der Waals surface area contributed by atoms with E-state index in [0.717, 1.165) is 5.56 Å². The van der Waals surface area contributed by atoms with Gasteiger partial charge in [-0.05, 0) is 34.2 Å². The van der Waals surface area contributed by atoms with Crippen molar-refractivity contribution in [3.63, 3.8) is 0 Å². The Morgan fingerprint density at radius 2 is 1.89 bits per heavy atom. The summed E-state index contributed by atoms with van der Waals surface area (Å²) < 4.78 is 3.12. The van der Waals surface area contributed by atoms with Crippen molar-refractivity contribution in [2.24, 2.45) is 0 Å². The van der Waals surface area contributed by atoms with E-state index in [4.69, 9.17) is 11.6 Å². The third-order valence-electron chi connectivity index (χ3n) is 3.98. The zero-order valence-electron chi connectivity index (χ0n) is 14.0. The lowest BCUT2D eigenvalue weighted by molar-refractivity contribution is 0.102. The molecule has 0 aliphatic heterocycles. The van der Waals surface area contributed by atoms with Crippen LogP contribution in [-0.4, -0.2) is 35.9 Å². The largest absolute Gasteiger partial charge is 0.307 e. The van der Waals surface area contributed by atoms with E-state index in [1.807, 2.05) is 30.3 Å². The number of hydrogen-bond donors (Lipinski definition) is 1. The molecule has 2 aromatic heterocycles. The summed E-state index contributed by atoms with van der Waals surface area (Å²) in [4.78, 5) is 12.8. The van der Waals surface area contributed by atoms with Gasteiger partial charge in [0.1, 0.15) is 12.1 Å². The lowest BCUT2D eigenvalue weighted by atomic mass is 10.1. The quantitative estimate of drug-likeness (QED) is 0.575. The highest BCUT2D eigenvalue weighted by molar-refractivity contribution is 6.31. The average molecular weight is 380 g/mol. The van der Waals surface area contributed by atoms with Crippen LogP contribution in [0.15, 0.2) is 67.1 Å². The summed E-state index contributed by atoms with van der Waals surface area (Å²) in [6.07, 6.45) is 3.06. The molecule has 1 N–H and O–H groups in total. The molecular weight excluding hydrogens is 366 g/mol. The fourth-order valence-electron chi connectivity index (χ4n) is 2.67. The number of aromatic nitrogens is 6. The van der Waals surface area contributed by atoms with E-state index in [1.54, 1.807) is 35.1 Å². The number of carbonyl (C=O) groups is 1. The maximum atomic E-state index is 12.8. The molecule has 0 atom stereocenters. The Kier molecular flexibility index (Phi) is 4.63. The van der Waals surface area contributed by atoms with Gasteiger partial charge in [-0.25, -0.2) is 4.68 Å². The minimum Gasteiger partial charge on any atom is -0.307 e. The summed E-state index contributed by atoms with van der Waals surface area (Å²) in [5, 5.41) is 18.9. The Balaban J connectivity index is 1.59. The van der Waals surface area contributed by atoms with E-state index in [-0.39, 0.29) is 5.91 Å². The molecule has 0 aliphatic rings. The van der Waals surface area contributed by atoms with Crippen molar-refractivity contribution in [3.8, 4) is 5.69 Å². The highest BCUT2D eigenvalue weighted by atomic mass is 35.5. The number of rotatable bonds is 5. The van der Waals surface area contributed by atoms with Crippen molar-refractivity contribution in [2.45, 2.75) is 6.54 Å². The van der Waals surface area contributed by atoms with E-state index in [2.05, 4.69) is 25.9 Å². The van der Waals surface area contributed by atoms with Crippen molar-refractivity contribution in [1.29, 1.82) is 0 Å². The number of carbonyl (C=O) groups excluding carboxylic acids is 1. The van der Waals surface area contributed by atoms with Gasteiger partial charge in [0.15, 0.2) is 0 Å². The topological polar surface area (TPSA) is 90.5 Å². The monoisotopic (exact) mass is 379 g/mol. The lowest BCUT2D eigenvalue weighted by Gasteiger charge is -2.12. The molecule has 8 nitrogen and oxygen atoms in total. The molecule has 0 aliphatic carbocycles. The molecule has 0 fully saturated rings. The molecule has 1 amide bonds. The number of hydrogen-bond acceptors (Lipinski definition) is 5. The second kappa shape index (κ2) is 7.38. The molecule has 2 aromatic carbocycles. The Labute approximate surface area is 159 Å². The van der Waals surface area contributed by atoms with Gasteiger partial charge in [-0.3, -0.25) is 4.79 Å². The van der Waals surface area contributed by atoms with Crippen LogP contribution in [-0.2, 0) is 6.54 Å². The lowest BCUT2D eigenvalue weighted by Crippen LogP contribution is -2.18. The Morgan fingerprint density at radius 1 is 1.07 bits per heavy atom. The first-order valence-corrected chi connectivity index (χ1v) is 8.49. The summed E-state index contributed by atoms with van der Waals surface area (Å²) in [7, 11) is 0. The average Bonchev–Trinajstić information content (AvgIpc) is 3.36. The van der Waals surface area contributed by atoms with Gasteiger partial charge >= 0.3 is 0 Å². The van der Waals surface area contributed by atoms with Crippen LogP contribution >= 0.6 is 11.6 Å². The van der Waals surface area contributed by atoms with Crippen LogP contribution in [0.3, 0.4) is 0 Å². The summed E-state index contributed by atoms with van der Waals surface area (Å²) in [5.41, 5.74) is 1.93. The van der Waals surface area contributed by atoms with Crippen molar-refractivity contribution in [3.05, 3.63) is 83.3 Å². The van der Waals surface area contributed by atoms with E-state index >= 15 is 0 Å². The SMILES string of the molecule is O=C(Nc1ccnn1Cc1ccccc1Cl)c1ccccc1-n1cnnn1. The highest BCUT2D eigenvalue weighted by Crippen LogP contribution is 2.19. The maximum absolute atomic E-state index is 12.8. The van der Waals surface area contributed by atoms with Gasteiger partial charge in [-0.2, -0.15) is 9.78 Å². The second-order valence-corrected chi connectivity index (χ2v) is 6.10. The molecule has 4 rings (SSSR count). The summed E-state index contributed by atoms with van der Waals surface area (Å²) in [6.45, 7) is 0.441. The predicted octanol–water partition coefficient (Wildman–Crippen LogP) is 2.81. The summed E-state index contributed by atoms with van der Waals surface area (Å²) in [6, 6.07) is 16.3. The Hall–Kier alpha value is -3.52. The molecule has 0 spiro atoms. The molecular formula is C18H14ClN7O.